The van der Waals surface area contributed by atoms with Gasteiger partial charge in [0.25, 0.3) is 5.91 Å². The quantitative estimate of drug-likeness (QED) is 0.828. The van der Waals surface area contributed by atoms with Crippen molar-refractivity contribution in [3.8, 4) is 0 Å². The second-order valence-corrected chi connectivity index (χ2v) is 4.70. The molecule has 136 valence electrons. The molecule has 0 bridgehead atoms. The van der Waals surface area contributed by atoms with E-state index >= 15 is 0 Å². The molecule has 1 N–H and O–H groups in total. The van der Waals surface area contributed by atoms with Gasteiger partial charge in [0.1, 0.15) is 5.76 Å². The number of amides is 1. The van der Waals surface area contributed by atoms with E-state index in [4.69, 9.17) is 0 Å². The van der Waals surface area contributed by atoms with Crippen molar-refractivity contribution in [1.29, 1.82) is 0 Å². The molecule has 1 aliphatic rings. The molecular weight excluding hydrogens is 365 g/mol. The number of hydrogen-bond acceptors (Lipinski definition) is 3. The summed E-state index contributed by atoms with van der Waals surface area (Å²) in [6, 6.07) is 2.37. The number of halogens is 9. The summed E-state index contributed by atoms with van der Waals surface area (Å²) in [4.78, 5) is 11.2. The van der Waals surface area contributed by atoms with Gasteiger partial charge in [0, 0.05) is 0 Å². The van der Waals surface area contributed by atoms with Crippen molar-refractivity contribution >= 4 is 5.91 Å². The molecule has 1 fully saturated rings. The molecule has 1 atom stereocenters. The van der Waals surface area contributed by atoms with Gasteiger partial charge in [-0.25, -0.2) is 0 Å². The molecule has 4 nitrogen and oxygen atoms in total. The van der Waals surface area contributed by atoms with Crippen LogP contribution in [0.25, 0.3) is 0 Å². The molecule has 1 aliphatic heterocycles. The number of furan rings is 1. The van der Waals surface area contributed by atoms with E-state index in [1.54, 1.807) is 0 Å². The van der Waals surface area contributed by atoms with Crippen molar-refractivity contribution in [3.63, 3.8) is 0 Å². The highest BCUT2D eigenvalue weighted by Crippen LogP contribution is 2.64. The molecular formula is C11H6F9NO3. The number of alkyl halides is 9. The molecule has 0 aliphatic carbocycles. The first-order valence-corrected chi connectivity index (χ1v) is 5.92. The van der Waals surface area contributed by atoms with E-state index in [2.05, 4.69) is 9.15 Å². The lowest BCUT2D eigenvalue weighted by molar-refractivity contribution is -0.367. The van der Waals surface area contributed by atoms with Gasteiger partial charge in [0.2, 0.25) is 0 Å². The Kier molecular flexibility index (Phi) is 3.87. The number of ether oxygens (including phenoxy) is 1. The van der Waals surface area contributed by atoms with Crippen molar-refractivity contribution in [2.24, 2.45) is 0 Å². The van der Waals surface area contributed by atoms with Crippen LogP contribution in [0.1, 0.15) is 5.76 Å². The molecule has 0 saturated carbocycles. The van der Waals surface area contributed by atoms with Crippen molar-refractivity contribution in [1.82, 2.24) is 5.32 Å². The highest BCUT2D eigenvalue weighted by Gasteiger charge is 2.96. The number of nitrogens with one attached hydrogen (secondary N) is 1. The Morgan fingerprint density at radius 1 is 1.08 bits per heavy atom. The van der Waals surface area contributed by atoms with E-state index in [1.807, 2.05) is 0 Å². The maximum absolute atomic E-state index is 13.8. The van der Waals surface area contributed by atoms with Crippen LogP contribution in [0, 0.1) is 0 Å². The van der Waals surface area contributed by atoms with Gasteiger partial charge in [-0.05, 0) is 12.1 Å². The molecule has 0 aromatic carbocycles. The Balaban J connectivity index is 2.31. The third kappa shape index (κ3) is 2.17. The molecule has 1 unspecified atom stereocenters. The van der Waals surface area contributed by atoms with Crippen LogP contribution in [0.4, 0.5) is 39.5 Å². The van der Waals surface area contributed by atoms with Gasteiger partial charge >= 0.3 is 29.7 Å². The summed E-state index contributed by atoms with van der Waals surface area (Å²) in [5, 5.41) is 1.19. The van der Waals surface area contributed by atoms with E-state index in [0.29, 0.717) is 0 Å². The van der Waals surface area contributed by atoms with Crippen LogP contribution in [0.2, 0.25) is 0 Å². The minimum Gasteiger partial charge on any atom is -0.467 e. The first kappa shape index (κ1) is 18.4. The highest BCUT2D eigenvalue weighted by molar-refractivity contribution is 5.85. The van der Waals surface area contributed by atoms with Gasteiger partial charge in [-0.15, -0.1) is 0 Å². The van der Waals surface area contributed by atoms with Crippen molar-refractivity contribution in [2.75, 3.05) is 0 Å². The van der Waals surface area contributed by atoms with Gasteiger partial charge in [0.05, 0.1) is 12.8 Å². The zero-order valence-corrected chi connectivity index (χ0v) is 11.1. The summed E-state index contributed by atoms with van der Waals surface area (Å²) < 4.78 is 126. The summed E-state index contributed by atoms with van der Waals surface area (Å²) in [7, 11) is 0. The van der Waals surface area contributed by atoms with Gasteiger partial charge in [-0.2, -0.15) is 39.5 Å². The summed E-state index contributed by atoms with van der Waals surface area (Å²) >= 11 is 0. The second kappa shape index (κ2) is 5.04. The third-order valence-corrected chi connectivity index (χ3v) is 3.12. The van der Waals surface area contributed by atoms with E-state index in [9.17, 15) is 44.3 Å². The molecule has 1 amide bonds. The van der Waals surface area contributed by atoms with Gasteiger partial charge in [-0.3, -0.25) is 9.53 Å². The Morgan fingerprint density at radius 2 is 1.67 bits per heavy atom. The molecule has 24 heavy (non-hydrogen) atoms. The van der Waals surface area contributed by atoms with Gasteiger partial charge in [-0.1, -0.05) is 0 Å². The molecule has 1 saturated heterocycles. The van der Waals surface area contributed by atoms with Crippen LogP contribution < -0.4 is 5.32 Å². The Labute approximate surface area is 126 Å². The van der Waals surface area contributed by atoms with Crippen LogP contribution in [-0.2, 0) is 16.1 Å². The first-order valence-electron chi connectivity index (χ1n) is 5.92. The van der Waals surface area contributed by atoms with Crippen molar-refractivity contribution in [3.05, 3.63) is 24.2 Å². The summed E-state index contributed by atoms with van der Waals surface area (Å²) in [5.41, 5.74) is 0. The molecule has 2 heterocycles. The third-order valence-electron chi connectivity index (χ3n) is 3.12. The standard InChI is InChI=1S/C11H6F9NO3/c12-7(13,6(22)21-4-5-2-1-3-23-5)10(18)8(14,15)9(16,17)11(19,20)24-10/h1-3H,4H2,(H,21,22). The van der Waals surface area contributed by atoms with Crippen LogP contribution in [0.3, 0.4) is 0 Å². The van der Waals surface area contributed by atoms with Gasteiger partial charge < -0.3 is 9.73 Å². The molecule has 0 spiro atoms. The number of hydrogen-bond donors (Lipinski definition) is 1. The minimum atomic E-state index is -6.70. The Bertz CT molecular complexity index is 631. The predicted molar refractivity (Wildman–Crippen MR) is 55.3 cm³/mol. The van der Waals surface area contributed by atoms with Crippen molar-refractivity contribution in [2.45, 2.75) is 36.3 Å². The first-order chi connectivity index (χ1) is 10.7. The smallest absolute Gasteiger partial charge is 0.428 e. The lowest BCUT2D eigenvalue weighted by Gasteiger charge is -2.31. The van der Waals surface area contributed by atoms with Crippen molar-refractivity contribution < 1.29 is 53.5 Å². The molecule has 1 aromatic heterocycles. The van der Waals surface area contributed by atoms with Crippen LogP contribution in [-0.4, -0.2) is 35.6 Å². The van der Waals surface area contributed by atoms with E-state index in [1.165, 1.54) is 11.4 Å². The minimum absolute atomic E-state index is 0.193. The fourth-order valence-corrected chi connectivity index (χ4v) is 1.79. The molecule has 1 aromatic rings. The SMILES string of the molecule is O=C(NCc1ccco1)C(F)(F)C1(F)OC(F)(F)C(F)(F)C1(F)F. The van der Waals surface area contributed by atoms with E-state index < -0.39 is 42.2 Å². The predicted octanol–water partition coefficient (Wildman–Crippen LogP) is 3.09. The lowest BCUT2D eigenvalue weighted by Crippen LogP contribution is -2.64. The maximum atomic E-state index is 13.8. The van der Waals surface area contributed by atoms with Gasteiger partial charge in [0.15, 0.2) is 0 Å². The van der Waals surface area contributed by atoms with Crippen LogP contribution >= 0.6 is 0 Å². The van der Waals surface area contributed by atoms with Crippen LogP contribution in [0.5, 0.6) is 0 Å². The maximum Gasteiger partial charge on any atom is 0.428 e. The fraction of sp³-hybridized carbons (Fsp3) is 0.545. The van der Waals surface area contributed by atoms with Crippen LogP contribution in [0.15, 0.2) is 22.8 Å². The van der Waals surface area contributed by atoms with E-state index in [-0.39, 0.29) is 5.76 Å². The largest absolute Gasteiger partial charge is 0.467 e. The molecule has 13 heteroatoms. The fourth-order valence-electron chi connectivity index (χ4n) is 1.79. The summed E-state index contributed by atoms with van der Waals surface area (Å²) in [5.74, 6) is -28.7. The number of carbonyl (C=O) groups is 1. The zero-order chi connectivity index (χ0) is 18.6. The average Bonchev–Trinajstić information content (AvgIpc) is 2.98. The summed E-state index contributed by atoms with van der Waals surface area (Å²) in [6.07, 6.45) is -5.23. The average molecular weight is 371 g/mol. The van der Waals surface area contributed by atoms with E-state index in [0.717, 1.165) is 12.3 Å². The monoisotopic (exact) mass is 371 g/mol. The Hall–Kier alpha value is -1.92. The lowest BCUT2D eigenvalue weighted by atomic mass is 9.99. The summed E-state index contributed by atoms with van der Waals surface area (Å²) in [6.45, 7) is -0.879. The second-order valence-electron chi connectivity index (χ2n) is 4.70. The Morgan fingerprint density at radius 3 is 2.08 bits per heavy atom. The number of carbonyl (C=O) groups excluding carboxylic acids is 1. The molecule has 0 radical (unpaired) electrons. The number of rotatable bonds is 4. The topological polar surface area (TPSA) is 51.5 Å². The normalized spacial score (nSPS) is 27.9. The zero-order valence-electron chi connectivity index (χ0n) is 11.1. The highest BCUT2D eigenvalue weighted by atomic mass is 19.4. The molecule has 2 rings (SSSR count).